The van der Waals surface area contributed by atoms with E-state index in [0.717, 1.165) is 4.90 Å². The zero-order valence-corrected chi connectivity index (χ0v) is 11.4. The van der Waals surface area contributed by atoms with Gasteiger partial charge in [0, 0.05) is 11.6 Å². The molecule has 3 N–H and O–H groups in total. The lowest BCUT2D eigenvalue weighted by Gasteiger charge is -2.18. The highest BCUT2D eigenvalue weighted by Crippen LogP contribution is 2.38. The number of hydrogen-bond acceptors (Lipinski definition) is 5. The number of methoxy groups -OCH3 is 2. The van der Waals surface area contributed by atoms with E-state index in [1.54, 1.807) is 20.3 Å². The highest BCUT2D eigenvalue weighted by Gasteiger charge is 2.19. The molecule has 0 aliphatic rings. The Kier molecular flexibility index (Phi) is 5.30. The van der Waals surface area contributed by atoms with Crippen LogP contribution in [-0.2, 0) is 4.79 Å². The van der Waals surface area contributed by atoms with Crippen molar-refractivity contribution in [3.05, 3.63) is 17.7 Å². The van der Waals surface area contributed by atoms with Crippen molar-refractivity contribution in [3.8, 4) is 11.5 Å². The molecule has 6 heteroatoms. The van der Waals surface area contributed by atoms with E-state index in [2.05, 4.69) is 0 Å². The second-order valence-electron chi connectivity index (χ2n) is 3.66. The van der Waals surface area contributed by atoms with Crippen LogP contribution in [0.5, 0.6) is 11.5 Å². The van der Waals surface area contributed by atoms with Crippen LogP contribution in [0.15, 0.2) is 17.0 Å². The van der Waals surface area contributed by atoms with Crippen LogP contribution in [-0.4, -0.2) is 31.6 Å². The van der Waals surface area contributed by atoms with Gasteiger partial charge in [0.15, 0.2) is 0 Å². The molecule has 0 bridgehead atoms. The first-order valence-electron chi connectivity index (χ1n) is 5.30. The Morgan fingerprint density at radius 2 is 2.11 bits per heavy atom. The van der Waals surface area contributed by atoms with Crippen LogP contribution in [0.25, 0.3) is 0 Å². The van der Waals surface area contributed by atoms with E-state index in [4.69, 9.17) is 20.3 Å². The molecule has 0 amide bonds. The van der Waals surface area contributed by atoms with Crippen LogP contribution >= 0.6 is 11.8 Å². The average Bonchev–Trinajstić information content (AvgIpc) is 2.35. The smallest absolute Gasteiger partial charge is 0.305 e. The number of nitrogens with two attached hydrogens (primary N) is 1. The molecular weight excluding hydrogens is 254 g/mol. The minimum Gasteiger partial charge on any atom is -0.497 e. The summed E-state index contributed by atoms with van der Waals surface area (Å²) in [5.74, 6) is 0.297. The van der Waals surface area contributed by atoms with Gasteiger partial charge >= 0.3 is 5.97 Å². The molecule has 0 fully saturated rings. The van der Waals surface area contributed by atoms with Gasteiger partial charge in [-0.25, -0.2) is 0 Å². The van der Waals surface area contributed by atoms with E-state index in [9.17, 15) is 4.79 Å². The number of carboxylic acids is 1. The lowest BCUT2D eigenvalue weighted by molar-refractivity contribution is -0.137. The number of carboxylic acid groups (broad SMARTS) is 1. The Labute approximate surface area is 110 Å². The van der Waals surface area contributed by atoms with Crippen LogP contribution < -0.4 is 15.2 Å². The summed E-state index contributed by atoms with van der Waals surface area (Å²) in [5.41, 5.74) is 6.54. The molecule has 0 aromatic heterocycles. The largest absolute Gasteiger partial charge is 0.497 e. The summed E-state index contributed by atoms with van der Waals surface area (Å²) in [6, 6.07) is 2.92. The fraction of sp³-hybridized carbons (Fsp3) is 0.417. The lowest BCUT2D eigenvalue weighted by atomic mass is 10.0. The number of hydrogen-bond donors (Lipinski definition) is 2. The number of aliphatic carboxylic acids is 1. The maximum absolute atomic E-state index is 10.7. The van der Waals surface area contributed by atoms with E-state index >= 15 is 0 Å². The third kappa shape index (κ3) is 3.30. The number of carbonyl (C=O) groups is 1. The fourth-order valence-electron chi connectivity index (χ4n) is 1.66. The van der Waals surface area contributed by atoms with E-state index in [1.807, 2.05) is 12.3 Å². The second kappa shape index (κ2) is 6.51. The Hall–Kier alpha value is -1.40. The Morgan fingerprint density at radius 3 is 2.56 bits per heavy atom. The van der Waals surface area contributed by atoms with Gasteiger partial charge in [-0.3, -0.25) is 4.79 Å². The van der Waals surface area contributed by atoms with Gasteiger partial charge in [0.05, 0.1) is 25.5 Å². The molecule has 1 aromatic carbocycles. The first-order valence-corrected chi connectivity index (χ1v) is 6.53. The molecule has 0 heterocycles. The highest BCUT2D eigenvalue weighted by molar-refractivity contribution is 7.98. The molecule has 5 nitrogen and oxygen atoms in total. The van der Waals surface area contributed by atoms with E-state index in [-0.39, 0.29) is 6.42 Å². The topological polar surface area (TPSA) is 81.8 Å². The van der Waals surface area contributed by atoms with Gasteiger partial charge < -0.3 is 20.3 Å². The summed E-state index contributed by atoms with van der Waals surface area (Å²) in [6.07, 6.45) is 1.75. The van der Waals surface area contributed by atoms with Crippen molar-refractivity contribution in [1.82, 2.24) is 0 Å². The molecule has 1 aromatic rings. The third-order valence-corrected chi connectivity index (χ3v) is 3.25. The molecule has 18 heavy (non-hydrogen) atoms. The summed E-state index contributed by atoms with van der Waals surface area (Å²) >= 11 is 1.49. The van der Waals surface area contributed by atoms with Gasteiger partial charge in [-0.2, -0.15) is 0 Å². The molecule has 1 rings (SSSR count). The van der Waals surface area contributed by atoms with E-state index in [0.29, 0.717) is 17.1 Å². The standard InChI is InChI=1S/C12H17NO4S/c1-16-7-4-8(9(13)6-11(14)15)12(17-2)10(5-7)18-3/h4-5,9H,6,13H2,1-3H3,(H,14,15). The summed E-state index contributed by atoms with van der Waals surface area (Å²) < 4.78 is 10.5. The van der Waals surface area contributed by atoms with Crippen molar-refractivity contribution in [2.45, 2.75) is 17.4 Å². The summed E-state index contributed by atoms with van der Waals surface area (Å²) in [5, 5.41) is 8.80. The first kappa shape index (κ1) is 14.7. The van der Waals surface area contributed by atoms with Crippen molar-refractivity contribution in [2.75, 3.05) is 20.5 Å². The summed E-state index contributed by atoms with van der Waals surface area (Å²) in [6.45, 7) is 0. The maximum atomic E-state index is 10.7. The molecule has 0 saturated heterocycles. The Balaban J connectivity index is 3.25. The van der Waals surface area contributed by atoms with Crippen LogP contribution in [0.2, 0.25) is 0 Å². The minimum absolute atomic E-state index is 0.155. The van der Waals surface area contributed by atoms with Gasteiger partial charge in [0.2, 0.25) is 0 Å². The van der Waals surface area contributed by atoms with Gasteiger partial charge in [-0.05, 0) is 18.4 Å². The molecule has 0 spiro atoms. The van der Waals surface area contributed by atoms with Crippen molar-refractivity contribution in [2.24, 2.45) is 5.73 Å². The molecule has 0 radical (unpaired) electrons. The van der Waals surface area contributed by atoms with Crippen molar-refractivity contribution >= 4 is 17.7 Å². The molecule has 1 atom stereocenters. The normalized spacial score (nSPS) is 12.0. The van der Waals surface area contributed by atoms with Crippen molar-refractivity contribution in [3.63, 3.8) is 0 Å². The van der Waals surface area contributed by atoms with Gasteiger partial charge in [-0.1, -0.05) is 0 Å². The summed E-state index contributed by atoms with van der Waals surface area (Å²) in [4.78, 5) is 11.6. The maximum Gasteiger partial charge on any atom is 0.305 e. The zero-order chi connectivity index (χ0) is 13.7. The number of ether oxygens (including phenoxy) is 2. The van der Waals surface area contributed by atoms with Gasteiger partial charge in [0.1, 0.15) is 11.5 Å². The third-order valence-electron chi connectivity index (χ3n) is 2.51. The van der Waals surface area contributed by atoms with Crippen LogP contribution in [0.4, 0.5) is 0 Å². The zero-order valence-electron chi connectivity index (χ0n) is 10.6. The fourth-order valence-corrected chi connectivity index (χ4v) is 2.28. The molecular formula is C12H17NO4S. The number of benzene rings is 1. The Morgan fingerprint density at radius 1 is 1.44 bits per heavy atom. The molecule has 0 aliphatic heterocycles. The van der Waals surface area contributed by atoms with Crippen molar-refractivity contribution < 1.29 is 19.4 Å². The lowest BCUT2D eigenvalue weighted by Crippen LogP contribution is -2.16. The van der Waals surface area contributed by atoms with Gasteiger partial charge in [0.25, 0.3) is 0 Å². The first-order chi connectivity index (χ1) is 8.53. The van der Waals surface area contributed by atoms with E-state index in [1.165, 1.54) is 11.8 Å². The summed E-state index contributed by atoms with van der Waals surface area (Å²) in [7, 11) is 3.09. The minimum atomic E-state index is -0.946. The predicted molar refractivity (Wildman–Crippen MR) is 70.5 cm³/mol. The molecule has 0 saturated carbocycles. The van der Waals surface area contributed by atoms with Gasteiger partial charge in [-0.15, -0.1) is 11.8 Å². The molecule has 0 aliphatic carbocycles. The molecule has 1 unspecified atom stereocenters. The Bertz CT molecular complexity index is 436. The quantitative estimate of drug-likeness (QED) is 0.769. The number of thioether (sulfide) groups is 1. The highest BCUT2D eigenvalue weighted by atomic mass is 32.2. The van der Waals surface area contributed by atoms with Crippen molar-refractivity contribution in [1.29, 1.82) is 0 Å². The van der Waals surface area contributed by atoms with E-state index < -0.39 is 12.0 Å². The monoisotopic (exact) mass is 271 g/mol. The molecule has 100 valence electrons. The predicted octanol–water partition coefficient (Wildman–Crippen LogP) is 1.90. The SMILES string of the molecule is COc1cc(SC)c(OC)c(C(N)CC(=O)O)c1. The number of rotatable bonds is 6. The second-order valence-corrected chi connectivity index (χ2v) is 4.50. The van der Waals surface area contributed by atoms with Crippen LogP contribution in [0, 0.1) is 0 Å². The van der Waals surface area contributed by atoms with Crippen LogP contribution in [0.3, 0.4) is 0 Å². The average molecular weight is 271 g/mol. The van der Waals surface area contributed by atoms with Crippen LogP contribution in [0.1, 0.15) is 18.0 Å².